The van der Waals surface area contributed by atoms with Crippen LogP contribution in [0, 0.1) is 6.92 Å². The predicted molar refractivity (Wildman–Crippen MR) is 110 cm³/mol. The molecule has 4 aromatic rings. The number of rotatable bonds is 6. The molecule has 0 saturated heterocycles. The van der Waals surface area contributed by atoms with Crippen molar-refractivity contribution in [3.8, 4) is 28.4 Å². The number of nitrogens with zero attached hydrogens (tertiary/aromatic N) is 4. The largest absolute Gasteiger partial charge is 0.495 e. The molecule has 3 aromatic heterocycles. The monoisotopic (exact) mass is 391 g/mol. The van der Waals surface area contributed by atoms with Crippen molar-refractivity contribution in [3.63, 3.8) is 0 Å². The first kappa shape index (κ1) is 18.5. The van der Waals surface area contributed by atoms with Crippen LogP contribution in [0.4, 0.5) is 11.5 Å². The summed E-state index contributed by atoms with van der Waals surface area (Å²) < 4.78 is 17.8. The van der Waals surface area contributed by atoms with Gasteiger partial charge < -0.3 is 19.5 Å². The lowest BCUT2D eigenvalue weighted by atomic mass is 10.1. The quantitative estimate of drug-likeness (QED) is 0.534. The second kappa shape index (κ2) is 7.67. The van der Waals surface area contributed by atoms with Gasteiger partial charge in [0.15, 0.2) is 17.1 Å². The Kier molecular flexibility index (Phi) is 4.90. The molecular formula is C21H21N5O3. The van der Waals surface area contributed by atoms with Gasteiger partial charge in [0, 0.05) is 35.3 Å². The molecule has 0 unspecified atom stereocenters. The summed E-state index contributed by atoms with van der Waals surface area (Å²) in [5.41, 5.74) is 4.26. The van der Waals surface area contributed by atoms with E-state index < -0.39 is 0 Å². The number of hydrogen-bond acceptors (Lipinski definition) is 7. The van der Waals surface area contributed by atoms with Crippen LogP contribution in [-0.4, -0.2) is 40.9 Å². The number of pyridine rings is 1. The molecule has 148 valence electrons. The third-order valence-electron chi connectivity index (χ3n) is 4.57. The Labute approximate surface area is 168 Å². The normalized spacial score (nSPS) is 10.8. The standard InChI is InChI=1S/C21H21N5O3/c1-13-7-15(9-18(28-3)20(13)29-4)24-19-5-6-26-21(25-19)17(12-23-26)14-8-16(27-2)11-22-10-14/h5-12H,1-4H3,(H,24,25). The van der Waals surface area contributed by atoms with Crippen molar-refractivity contribution in [2.45, 2.75) is 6.92 Å². The average Bonchev–Trinajstić information content (AvgIpc) is 3.16. The van der Waals surface area contributed by atoms with E-state index in [1.165, 1.54) is 0 Å². The molecule has 4 rings (SSSR count). The lowest BCUT2D eigenvalue weighted by Crippen LogP contribution is -2.00. The summed E-state index contributed by atoms with van der Waals surface area (Å²) in [6.07, 6.45) is 7.05. The molecule has 0 saturated carbocycles. The molecule has 0 fully saturated rings. The van der Waals surface area contributed by atoms with Gasteiger partial charge in [-0.25, -0.2) is 9.50 Å². The molecule has 8 nitrogen and oxygen atoms in total. The van der Waals surface area contributed by atoms with Gasteiger partial charge in [-0.3, -0.25) is 4.98 Å². The van der Waals surface area contributed by atoms with Gasteiger partial charge in [0.1, 0.15) is 11.6 Å². The first-order valence-electron chi connectivity index (χ1n) is 8.96. The summed E-state index contributed by atoms with van der Waals surface area (Å²) in [5.74, 6) is 2.73. The van der Waals surface area contributed by atoms with Crippen LogP contribution in [0.25, 0.3) is 16.8 Å². The molecule has 0 amide bonds. The zero-order chi connectivity index (χ0) is 20.4. The van der Waals surface area contributed by atoms with E-state index >= 15 is 0 Å². The molecule has 1 N–H and O–H groups in total. The van der Waals surface area contributed by atoms with Crippen molar-refractivity contribution >= 4 is 17.2 Å². The van der Waals surface area contributed by atoms with Crippen LogP contribution in [0.1, 0.15) is 5.56 Å². The molecular weight excluding hydrogens is 370 g/mol. The van der Waals surface area contributed by atoms with E-state index in [0.717, 1.165) is 22.4 Å². The van der Waals surface area contributed by atoms with Crippen LogP contribution in [0.3, 0.4) is 0 Å². The summed E-state index contributed by atoms with van der Waals surface area (Å²) >= 11 is 0. The molecule has 0 radical (unpaired) electrons. The van der Waals surface area contributed by atoms with Crippen LogP contribution in [0.5, 0.6) is 17.2 Å². The average molecular weight is 391 g/mol. The Balaban J connectivity index is 1.72. The van der Waals surface area contributed by atoms with Gasteiger partial charge in [-0.2, -0.15) is 5.10 Å². The van der Waals surface area contributed by atoms with Crippen molar-refractivity contribution < 1.29 is 14.2 Å². The van der Waals surface area contributed by atoms with E-state index in [-0.39, 0.29) is 0 Å². The number of hydrogen-bond donors (Lipinski definition) is 1. The first-order valence-corrected chi connectivity index (χ1v) is 8.96. The molecule has 8 heteroatoms. The number of methoxy groups -OCH3 is 3. The summed E-state index contributed by atoms with van der Waals surface area (Å²) in [4.78, 5) is 8.96. The van der Waals surface area contributed by atoms with Crippen molar-refractivity contribution in [2.75, 3.05) is 26.6 Å². The molecule has 0 spiro atoms. The summed E-state index contributed by atoms with van der Waals surface area (Å²) in [7, 11) is 4.86. The summed E-state index contributed by atoms with van der Waals surface area (Å²) in [6.45, 7) is 1.97. The van der Waals surface area contributed by atoms with E-state index in [4.69, 9.17) is 19.2 Å². The van der Waals surface area contributed by atoms with Crippen LogP contribution >= 0.6 is 0 Å². The van der Waals surface area contributed by atoms with Gasteiger partial charge >= 0.3 is 0 Å². The highest BCUT2D eigenvalue weighted by atomic mass is 16.5. The number of aryl methyl sites for hydroxylation is 1. The molecule has 0 aliphatic rings. The molecule has 1 aromatic carbocycles. The van der Waals surface area contributed by atoms with Gasteiger partial charge in [-0.05, 0) is 30.7 Å². The Morgan fingerprint density at radius 1 is 0.966 bits per heavy atom. The number of nitrogens with one attached hydrogen (secondary N) is 1. The maximum atomic E-state index is 5.43. The lowest BCUT2D eigenvalue weighted by Gasteiger charge is -2.14. The van der Waals surface area contributed by atoms with Gasteiger partial charge in [0.2, 0.25) is 0 Å². The molecule has 0 aliphatic heterocycles. The summed E-state index contributed by atoms with van der Waals surface area (Å²) in [6, 6.07) is 7.63. The molecule has 0 bridgehead atoms. The first-order chi connectivity index (χ1) is 14.1. The van der Waals surface area contributed by atoms with E-state index in [0.29, 0.717) is 28.7 Å². The van der Waals surface area contributed by atoms with Gasteiger partial charge in [0.25, 0.3) is 0 Å². The van der Waals surface area contributed by atoms with Crippen molar-refractivity contribution in [3.05, 3.63) is 54.6 Å². The van der Waals surface area contributed by atoms with E-state index in [2.05, 4.69) is 15.4 Å². The Morgan fingerprint density at radius 2 is 1.83 bits per heavy atom. The maximum Gasteiger partial charge on any atom is 0.165 e. The van der Waals surface area contributed by atoms with Gasteiger partial charge in [-0.15, -0.1) is 0 Å². The summed E-state index contributed by atoms with van der Waals surface area (Å²) in [5, 5.41) is 7.71. The zero-order valence-electron chi connectivity index (χ0n) is 16.6. The van der Waals surface area contributed by atoms with Crippen LogP contribution in [0.2, 0.25) is 0 Å². The third kappa shape index (κ3) is 3.52. The van der Waals surface area contributed by atoms with Crippen LogP contribution in [-0.2, 0) is 0 Å². The predicted octanol–water partition coefficient (Wildman–Crippen LogP) is 3.87. The van der Waals surface area contributed by atoms with E-state index in [1.54, 1.807) is 44.4 Å². The Morgan fingerprint density at radius 3 is 2.59 bits per heavy atom. The Bertz CT molecular complexity index is 1170. The lowest BCUT2D eigenvalue weighted by molar-refractivity contribution is 0.353. The van der Waals surface area contributed by atoms with Gasteiger partial charge in [-0.1, -0.05) is 0 Å². The smallest absolute Gasteiger partial charge is 0.165 e. The van der Waals surface area contributed by atoms with Crippen molar-refractivity contribution in [1.29, 1.82) is 0 Å². The SMILES string of the molecule is COc1cncc(-c2cnn3ccc(Nc4cc(C)c(OC)c(OC)c4)nc23)c1. The topological polar surface area (TPSA) is 82.8 Å². The number of anilines is 2. The fourth-order valence-electron chi connectivity index (χ4n) is 3.19. The van der Waals surface area contributed by atoms with E-state index in [1.807, 2.05) is 37.4 Å². The highest BCUT2D eigenvalue weighted by Crippen LogP contribution is 2.35. The minimum absolute atomic E-state index is 0.656. The fraction of sp³-hybridized carbons (Fsp3) is 0.190. The van der Waals surface area contributed by atoms with Crippen LogP contribution < -0.4 is 19.5 Å². The second-order valence-electron chi connectivity index (χ2n) is 6.41. The number of fused-ring (bicyclic) bond motifs is 1. The van der Waals surface area contributed by atoms with Crippen LogP contribution in [0.15, 0.2) is 49.1 Å². The fourth-order valence-corrected chi connectivity index (χ4v) is 3.19. The minimum Gasteiger partial charge on any atom is -0.495 e. The maximum absolute atomic E-state index is 5.43. The van der Waals surface area contributed by atoms with Gasteiger partial charge in [0.05, 0.1) is 33.7 Å². The van der Waals surface area contributed by atoms with Crippen molar-refractivity contribution in [1.82, 2.24) is 19.6 Å². The van der Waals surface area contributed by atoms with E-state index in [9.17, 15) is 0 Å². The molecule has 0 atom stereocenters. The number of benzene rings is 1. The Hall–Kier alpha value is -3.81. The van der Waals surface area contributed by atoms with Crippen molar-refractivity contribution in [2.24, 2.45) is 0 Å². The minimum atomic E-state index is 0.656. The number of ether oxygens (including phenoxy) is 3. The molecule has 29 heavy (non-hydrogen) atoms. The zero-order valence-corrected chi connectivity index (χ0v) is 16.6. The molecule has 0 aliphatic carbocycles. The molecule has 3 heterocycles. The second-order valence-corrected chi connectivity index (χ2v) is 6.41. The third-order valence-corrected chi connectivity index (χ3v) is 4.57. The highest BCUT2D eigenvalue weighted by molar-refractivity contribution is 5.78. The highest BCUT2D eigenvalue weighted by Gasteiger charge is 2.12. The number of aromatic nitrogens is 4.